The largest absolute Gasteiger partial charge is 0.492 e. The van der Waals surface area contributed by atoms with Gasteiger partial charge in [0.2, 0.25) is 0 Å². The lowest BCUT2D eigenvalue weighted by Crippen LogP contribution is -2.19. The van der Waals surface area contributed by atoms with E-state index in [1.807, 2.05) is 19.0 Å². The maximum Gasteiger partial charge on any atom is 0.265 e. The quantitative estimate of drug-likeness (QED) is 0.642. The Morgan fingerprint density at radius 2 is 1.77 bits per heavy atom. The molecule has 2 aromatic carbocycles. The van der Waals surface area contributed by atoms with Crippen LogP contribution < -0.4 is 14.2 Å². The number of ether oxygens (including phenoxy) is 2. The van der Waals surface area contributed by atoms with E-state index in [0.29, 0.717) is 34.9 Å². The van der Waals surface area contributed by atoms with E-state index in [0.717, 1.165) is 6.54 Å². The lowest BCUT2D eigenvalue weighted by atomic mass is 10.3. The smallest absolute Gasteiger partial charge is 0.265 e. The lowest BCUT2D eigenvalue weighted by Gasteiger charge is -2.14. The molecule has 0 fully saturated rings. The molecule has 0 saturated carbocycles. The minimum atomic E-state index is -3.78. The van der Waals surface area contributed by atoms with Gasteiger partial charge in [0, 0.05) is 16.7 Å². The van der Waals surface area contributed by atoms with Gasteiger partial charge in [-0.2, -0.15) is 0 Å². The molecule has 2 rings (SSSR count). The molecular formula is C18H23BrN2O4S. The maximum absolute atomic E-state index is 12.7. The molecule has 0 saturated heterocycles. The van der Waals surface area contributed by atoms with Crippen LogP contribution in [0.1, 0.15) is 6.92 Å². The van der Waals surface area contributed by atoms with Gasteiger partial charge in [-0.25, -0.2) is 8.42 Å². The van der Waals surface area contributed by atoms with Crippen LogP contribution in [-0.4, -0.2) is 47.2 Å². The van der Waals surface area contributed by atoms with E-state index in [1.165, 1.54) is 6.07 Å². The summed E-state index contributed by atoms with van der Waals surface area (Å²) in [4.78, 5) is 2.11. The summed E-state index contributed by atoms with van der Waals surface area (Å²) in [7, 11) is 0.162. The predicted molar refractivity (Wildman–Crippen MR) is 107 cm³/mol. The van der Waals surface area contributed by atoms with Gasteiger partial charge in [0.05, 0.1) is 6.61 Å². The molecule has 142 valence electrons. The first-order chi connectivity index (χ1) is 12.3. The first-order valence-corrected chi connectivity index (χ1v) is 10.4. The Morgan fingerprint density at radius 1 is 1.08 bits per heavy atom. The molecule has 0 amide bonds. The number of halogens is 1. The Labute approximate surface area is 163 Å². The van der Waals surface area contributed by atoms with E-state index in [1.54, 1.807) is 43.3 Å². The van der Waals surface area contributed by atoms with Crippen molar-refractivity contribution in [2.24, 2.45) is 0 Å². The topological polar surface area (TPSA) is 67.9 Å². The SMILES string of the molecule is CCOc1ccc(Br)cc1S(=O)(=O)Nc1ccc(OCCN(C)C)cc1. The van der Waals surface area contributed by atoms with E-state index in [2.05, 4.69) is 20.7 Å². The molecule has 2 aromatic rings. The number of nitrogens with one attached hydrogen (secondary N) is 1. The zero-order valence-corrected chi connectivity index (χ0v) is 17.4. The van der Waals surface area contributed by atoms with Gasteiger partial charge in [-0.15, -0.1) is 0 Å². The van der Waals surface area contributed by atoms with E-state index in [-0.39, 0.29) is 4.90 Å². The van der Waals surface area contributed by atoms with Crippen molar-refractivity contribution in [3.8, 4) is 11.5 Å². The summed E-state index contributed by atoms with van der Waals surface area (Å²) >= 11 is 3.30. The molecular weight excluding hydrogens is 420 g/mol. The van der Waals surface area contributed by atoms with Gasteiger partial charge in [0.25, 0.3) is 10.0 Å². The number of anilines is 1. The monoisotopic (exact) mass is 442 g/mol. The molecule has 0 spiro atoms. The van der Waals surface area contributed by atoms with Crippen LogP contribution in [-0.2, 0) is 10.0 Å². The summed E-state index contributed by atoms with van der Waals surface area (Å²) in [5, 5.41) is 0. The third-order valence-electron chi connectivity index (χ3n) is 3.41. The average molecular weight is 443 g/mol. The first-order valence-electron chi connectivity index (χ1n) is 8.14. The summed E-state index contributed by atoms with van der Waals surface area (Å²) in [5.74, 6) is 0.999. The molecule has 8 heteroatoms. The van der Waals surface area contributed by atoms with Crippen molar-refractivity contribution in [1.29, 1.82) is 0 Å². The molecule has 1 N–H and O–H groups in total. The average Bonchev–Trinajstić information content (AvgIpc) is 2.57. The molecule has 6 nitrogen and oxygen atoms in total. The minimum absolute atomic E-state index is 0.0834. The van der Waals surface area contributed by atoms with Crippen molar-refractivity contribution in [2.45, 2.75) is 11.8 Å². The number of hydrogen-bond acceptors (Lipinski definition) is 5. The van der Waals surface area contributed by atoms with Crippen molar-refractivity contribution >= 4 is 31.6 Å². The third kappa shape index (κ3) is 5.89. The van der Waals surface area contributed by atoms with Gasteiger partial charge in [-0.05, 0) is 63.5 Å². The Balaban J connectivity index is 2.13. The van der Waals surface area contributed by atoms with Crippen LogP contribution in [0.25, 0.3) is 0 Å². The fraction of sp³-hybridized carbons (Fsp3) is 0.333. The highest BCUT2D eigenvalue weighted by Crippen LogP contribution is 2.29. The molecule has 0 radical (unpaired) electrons. The highest BCUT2D eigenvalue weighted by molar-refractivity contribution is 9.10. The molecule has 0 aromatic heterocycles. The van der Waals surface area contributed by atoms with Gasteiger partial charge in [-0.1, -0.05) is 15.9 Å². The van der Waals surface area contributed by atoms with E-state index in [9.17, 15) is 8.42 Å². The summed E-state index contributed by atoms with van der Waals surface area (Å²) in [6, 6.07) is 11.7. The van der Waals surface area contributed by atoms with Gasteiger partial charge in [0.15, 0.2) is 0 Å². The number of rotatable bonds is 9. The fourth-order valence-electron chi connectivity index (χ4n) is 2.14. The molecule has 0 bridgehead atoms. The number of hydrogen-bond donors (Lipinski definition) is 1. The summed E-state index contributed by atoms with van der Waals surface area (Å²) in [5.41, 5.74) is 0.451. The van der Waals surface area contributed by atoms with Crippen LogP contribution in [0, 0.1) is 0 Å². The van der Waals surface area contributed by atoms with Crippen molar-refractivity contribution in [3.63, 3.8) is 0 Å². The number of sulfonamides is 1. The van der Waals surface area contributed by atoms with E-state index >= 15 is 0 Å². The van der Waals surface area contributed by atoms with Gasteiger partial charge in [-0.3, -0.25) is 4.72 Å². The minimum Gasteiger partial charge on any atom is -0.492 e. The molecule has 0 aliphatic carbocycles. The zero-order valence-electron chi connectivity index (χ0n) is 15.0. The van der Waals surface area contributed by atoms with Crippen LogP contribution in [0.2, 0.25) is 0 Å². The highest BCUT2D eigenvalue weighted by atomic mass is 79.9. The molecule has 0 atom stereocenters. The highest BCUT2D eigenvalue weighted by Gasteiger charge is 2.20. The van der Waals surface area contributed by atoms with Crippen molar-refractivity contribution in [2.75, 3.05) is 38.6 Å². The zero-order chi connectivity index (χ0) is 19.2. The Bertz CT molecular complexity index is 824. The maximum atomic E-state index is 12.7. The van der Waals surface area contributed by atoms with Crippen LogP contribution in [0.3, 0.4) is 0 Å². The van der Waals surface area contributed by atoms with Crippen LogP contribution >= 0.6 is 15.9 Å². The number of nitrogens with zero attached hydrogens (tertiary/aromatic N) is 1. The van der Waals surface area contributed by atoms with Crippen LogP contribution in [0.15, 0.2) is 51.8 Å². The normalized spacial score (nSPS) is 11.4. The molecule has 0 aliphatic rings. The van der Waals surface area contributed by atoms with Crippen molar-refractivity contribution < 1.29 is 17.9 Å². The number of benzene rings is 2. The molecule has 0 unspecified atom stereocenters. The Hall–Kier alpha value is -1.77. The first kappa shape index (κ1) is 20.5. The molecule has 26 heavy (non-hydrogen) atoms. The second-order valence-corrected chi connectivity index (χ2v) is 8.37. The molecule has 0 aliphatic heterocycles. The lowest BCUT2D eigenvalue weighted by molar-refractivity contribution is 0.261. The van der Waals surface area contributed by atoms with Gasteiger partial charge in [0.1, 0.15) is 23.0 Å². The van der Waals surface area contributed by atoms with E-state index in [4.69, 9.17) is 9.47 Å². The summed E-state index contributed by atoms with van der Waals surface area (Å²) < 4.78 is 39.7. The van der Waals surface area contributed by atoms with Crippen molar-refractivity contribution in [3.05, 3.63) is 46.9 Å². The van der Waals surface area contributed by atoms with Crippen LogP contribution in [0.5, 0.6) is 11.5 Å². The van der Waals surface area contributed by atoms with Crippen molar-refractivity contribution in [1.82, 2.24) is 4.90 Å². The van der Waals surface area contributed by atoms with E-state index < -0.39 is 10.0 Å². The van der Waals surface area contributed by atoms with Gasteiger partial charge >= 0.3 is 0 Å². The molecule has 0 heterocycles. The second-order valence-electron chi connectivity index (χ2n) is 5.81. The number of likely N-dealkylation sites (N-methyl/N-ethyl adjacent to an activating group) is 1. The van der Waals surface area contributed by atoms with Gasteiger partial charge < -0.3 is 14.4 Å². The third-order valence-corrected chi connectivity index (χ3v) is 5.30. The predicted octanol–water partition coefficient (Wildman–Crippen LogP) is 3.59. The van der Waals surface area contributed by atoms with Crippen LogP contribution in [0.4, 0.5) is 5.69 Å². The fourth-order valence-corrected chi connectivity index (χ4v) is 3.88. The standard InChI is InChI=1S/C18H23BrN2O4S/c1-4-24-17-10-5-14(19)13-18(17)26(22,23)20-15-6-8-16(9-7-15)25-12-11-21(2)3/h5-10,13,20H,4,11-12H2,1-3H3. The Morgan fingerprint density at radius 3 is 2.38 bits per heavy atom. The summed E-state index contributed by atoms with van der Waals surface area (Å²) in [6.07, 6.45) is 0. The second kappa shape index (κ2) is 9.25. The summed E-state index contributed by atoms with van der Waals surface area (Å²) in [6.45, 7) is 3.55. The Kier molecular flexibility index (Phi) is 7.31.